The molecule has 0 aliphatic rings. The van der Waals surface area contributed by atoms with Crippen LogP contribution in [0.3, 0.4) is 0 Å². The van der Waals surface area contributed by atoms with E-state index in [-0.39, 0.29) is 6.10 Å². The quantitative estimate of drug-likeness (QED) is 0.924. The number of ether oxygens (including phenoxy) is 2. The molecule has 6 nitrogen and oxygen atoms in total. The molecule has 0 bridgehead atoms. The van der Waals surface area contributed by atoms with Gasteiger partial charge in [-0.05, 0) is 37.6 Å². The molecule has 112 valence electrons. The molecule has 1 heterocycles. The summed E-state index contributed by atoms with van der Waals surface area (Å²) in [6.07, 6.45) is -0.879. The summed E-state index contributed by atoms with van der Waals surface area (Å²) in [5.74, 6) is 0.696. The molecule has 8 heteroatoms. The Morgan fingerprint density at radius 1 is 1.43 bits per heavy atom. The topological polar surface area (TPSA) is 73.3 Å². The molecule has 0 aliphatic heterocycles. The van der Waals surface area contributed by atoms with Crippen LogP contribution in [0.25, 0.3) is 0 Å². The Labute approximate surface area is 131 Å². The van der Waals surface area contributed by atoms with E-state index in [2.05, 4.69) is 20.3 Å². The molecule has 1 amide bonds. The number of anilines is 1. The molecule has 0 saturated heterocycles. The van der Waals surface area contributed by atoms with Gasteiger partial charge in [0.05, 0.1) is 7.11 Å². The second-order valence-corrected chi connectivity index (χ2v) is 5.65. The van der Waals surface area contributed by atoms with Gasteiger partial charge < -0.3 is 9.47 Å². The van der Waals surface area contributed by atoms with Gasteiger partial charge in [-0.3, -0.25) is 5.32 Å². The minimum Gasteiger partial charge on any atom is -0.483 e. The normalized spacial score (nSPS) is 11.8. The van der Waals surface area contributed by atoms with E-state index in [9.17, 15) is 4.79 Å². The van der Waals surface area contributed by atoms with Gasteiger partial charge in [-0.25, -0.2) is 4.79 Å². The van der Waals surface area contributed by atoms with E-state index < -0.39 is 6.09 Å². The monoisotopic (exact) mass is 327 g/mol. The van der Waals surface area contributed by atoms with E-state index in [1.165, 1.54) is 18.4 Å². The van der Waals surface area contributed by atoms with Crippen LogP contribution in [0.5, 0.6) is 5.75 Å². The predicted octanol–water partition coefficient (Wildman–Crippen LogP) is 3.82. The Morgan fingerprint density at radius 2 is 2.19 bits per heavy atom. The van der Waals surface area contributed by atoms with Crippen LogP contribution in [0.2, 0.25) is 5.02 Å². The number of hydrogen-bond donors (Lipinski definition) is 1. The maximum atomic E-state index is 11.1. The fraction of sp³-hybridized carbons (Fsp3) is 0.308. The Kier molecular flexibility index (Phi) is 4.98. The first-order chi connectivity index (χ1) is 9.99. The van der Waals surface area contributed by atoms with Crippen LogP contribution in [0.1, 0.15) is 23.6 Å². The predicted molar refractivity (Wildman–Crippen MR) is 81.2 cm³/mol. The molecular weight excluding hydrogens is 314 g/mol. The number of rotatable bonds is 4. The van der Waals surface area contributed by atoms with Crippen molar-refractivity contribution in [1.82, 2.24) is 10.2 Å². The lowest BCUT2D eigenvalue weighted by Gasteiger charge is -2.12. The van der Waals surface area contributed by atoms with Crippen LogP contribution in [0, 0.1) is 6.92 Å². The zero-order valence-corrected chi connectivity index (χ0v) is 13.3. The molecule has 21 heavy (non-hydrogen) atoms. The fourth-order valence-electron chi connectivity index (χ4n) is 1.53. The summed E-state index contributed by atoms with van der Waals surface area (Å²) in [6.45, 7) is 3.76. The molecule has 1 atom stereocenters. The van der Waals surface area contributed by atoms with Crippen molar-refractivity contribution >= 4 is 34.2 Å². The number of aryl methyl sites for hydroxylation is 1. The maximum absolute atomic E-state index is 11.1. The third kappa shape index (κ3) is 4.05. The number of halogens is 1. The molecule has 0 spiro atoms. The summed E-state index contributed by atoms with van der Waals surface area (Å²) in [5.41, 5.74) is 0.937. The van der Waals surface area contributed by atoms with E-state index in [0.717, 1.165) is 5.56 Å². The van der Waals surface area contributed by atoms with Crippen molar-refractivity contribution in [3.05, 3.63) is 33.8 Å². The highest BCUT2D eigenvalue weighted by molar-refractivity contribution is 7.15. The second kappa shape index (κ2) is 6.73. The number of carbonyl (C=O) groups is 1. The third-order valence-electron chi connectivity index (χ3n) is 2.63. The highest BCUT2D eigenvalue weighted by Crippen LogP contribution is 2.28. The molecule has 1 aromatic carbocycles. The van der Waals surface area contributed by atoms with Crippen molar-refractivity contribution in [1.29, 1.82) is 0 Å². The number of carbonyl (C=O) groups excluding carboxylic acids is 1. The lowest BCUT2D eigenvalue weighted by molar-refractivity contribution is 0.187. The van der Waals surface area contributed by atoms with Crippen LogP contribution < -0.4 is 10.1 Å². The average molecular weight is 328 g/mol. The zero-order chi connectivity index (χ0) is 15.4. The van der Waals surface area contributed by atoms with Gasteiger partial charge in [0, 0.05) is 5.02 Å². The molecule has 2 aromatic rings. The smallest absolute Gasteiger partial charge is 0.413 e. The van der Waals surface area contributed by atoms with Gasteiger partial charge in [0.15, 0.2) is 5.01 Å². The molecule has 0 aliphatic carbocycles. The number of amides is 1. The largest absolute Gasteiger partial charge is 0.483 e. The Hall–Kier alpha value is -1.86. The second-order valence-electron chi connectivity index (χ2n) is 4.23. The number of hydrogen-bond acceptors (Lipinski definition) is 6. The van der Waals surface area contributed by atoms with Crippen LogP contribution >= 0.6 is 22.9 Å². The number of methoxy groups -OCH3 is 1. The minimum absolute atomic E-state index is 0.295. The van der Waals surface area contributed by atoms with E-state index in [4.69, 9.17) is 16.3 Å². The van der Waals surface area contributed by atoms with Gasteiger partial charge in [-0.2, -0.15) is 0 Å². The van der Waals surface area contributed by atoms with Crippen molar-refractivity contribution in [2.75, 3.05) is 12.4 Å². The summed E-state index contributed by atoms with van der Waals surface area (Å²) >= 11 is 7.20. The van der Waals surface area contributed by atoms with Crippen LogP contribution in [-0.4, -0.2) is 23.4 Å². The van der Waals surface area contributed by atoms with Gasteiger partial charge in [-0.1, -0.05) is 22.9 Å². The molecule has 1 unspecified atom stereocenters. The van der Waals surface area contributed by atoms with E-state index >= 15 is 0 Å². The van der Waals surface area contributed by atoms with Crippen LogP contribution in [0.15, 0.2) is 18.2 Å². The highest BCUT2D eigenvalue weighted by atomic mass is 35.5. The highest BCUT2D eigenvalue weighted by Gasteiger charge is 2.15. The molecule has 0 saturated carbocycles. The van der Waals surface area contributed by atoms with E-state index in [1.807, 2.05) is 19.9 Å². The van der Waals surface area contributed by atoms with Crippen molar-refractivity contribution in [3.63, 3.8) is 0 Å². The third-order valence-corrected chi connectivity index (χ3v) is 4.05. The summed E-state index contributed by atoms with van der Waals surface area (Å²) in [5, 5.41) is 12.0. The van der Waals surface area contributed by atoms with Crippen molar-refractivity contribution in [2.45, 2.75) is 20.0 Å². The lowest BCUT2D eigenvalue weighted by Crippen LogP contribution is -2.10. The minimum atomic E-state index is -0.584. The number of benzene rings is 1. The number of aromatic nitrogens is 2. The zero-order valence-electron chi connectivity index (χ0n) is 11.7. The lowest BCUT2D eigenvalue weighted by atomic mass is 10.2. The Morgan fingerprint density at radius 3 is 2.86 bits per heavy atom. The maximum Gasteiger partial charge on any atom is 0.413 e. The summed E-state index contributed by atoms with van der Waals surface area (Å²) in [6, 6.07) is 5.43. The standard InChI is InChI=1S/C13H14ClN3O3S/c1-7-6-9(4-5-10(7)14)20-8(2)11-16-17-12(21-11)15-13(18)19-3/h4-6,8H,1-3H3,(H,15,17,18). The first kappa shape index (κ1) is 15.5. The summed E-state index contributed by atoms with van der Waals surface area (Å²) < 4.78 is 10.3. The van der Waals surface area contributed by atoms with Gasteiger partial charge in [0.2, 0.25) is 5.13 Å². The van der Waals surface area contributed by atoms with E-state index in [0.29, 0.717) is 20.9 Å². The van der Waals surface area contributed by atoms with Crippen LogP contribution in [-0.2, 0) is 4.74 Å². The average Bonchev–Trinajstić information content (AvgIpc) is 2.91. The Balaban J connectivity index is 2.04. The van der Waals surface area contributed by atoms with Crippen molar-refractivity contribution < 1.29 is 14.3 Å². The fourth-order valence-corrected chi connectivity index (χ4v) is 2.36. The molecule has 1 N–H and O–H groups in total. The molecule has 1 aromatic heterocycles. The SMILES string of the molecule is COC(=O)Nc1nnc(C(C)Oc2ccc(Cl)c(C)c2)s1. The molecule has 2 rings (SSSR count). The van der Waals surface area contributed by atoms with Gasteiger partial charge in [0.1, 0.15) is 11.9 Å². The van der Waals surface area contributed by atoms with Crippen molar-refractivity contribution in [2.24, 2.45) is 0 Å². The van der Waals surface area contributed by atoms with Gasteiger partial charge in [0.25, 0.3) is 0 Å². The molecule has 0 radical (unpaired) electrons. The van der Waals surface area contributed by atoms with Crippen LogP contribution in [0.4, 0.5) is 9.93 Å². The summed E-state index contributed by atoms with van der Waals surface area (Å²) in [4.78, 5) is 11.1. The van der Waals surface area contributed by atoms with Gasteiger partial charge in [-0.15, -0.1) is 10.2 Å². The van der Waals surface area contributed by atoms with Crippen molar-refractivity contribution in [3.8, 4) is 5.75 Å². The molecule has 0 fully saturated rings. The Bertz CT molecular complexity index is 647. The van der Waals surface area contributed by atoms with E-state index in [1.54, 1.807) is 12.1 Å². The number of nitrogens with one attached hydrogen (secondary N) is 1. The molecular formula is C13H14ClN3O3S. The first-order valence-corrected chi connectivity index (χ1v) is 7.30. The number of nitrogens with zero attached hydrogens (tertiary/aromatic N) is 2. The summed E-state index contributed by atoms with van der Waals surface area (Å²) in [7, 11) is 1.28. The first-order valence-electron chi connectivity index (χ1n) is 6.10. The van der Waals surface area contributed by atoms with Gasteiger partial charge >= 0.3 is 6.09 Å².